The monoisotopic (exact) mass is 411 g/mol. The maximum atomic E-state index is 9.75. The number of ether oxygens (including phenoxy) is 3. The van der Waals surface area contributed by atoms with E-state index in [-0.39, 0.29) is 0 Å². The maximum Gasteiger partial charge on any atom is 0.673 e. The van der Waals surface area contributed by atoms with E-state index in [1.165, 1.54) is 0 Å². The minimum atomic E-state index is -6.00. The molecule has 9 heteroatoms. The van der Waals surface area contributed by atoms with Gasteiger partial charge in [0.2, 0.25) is 5.69 Å². The highest BCUT2D eigenvalue weighted by Gasteiger charge is 2.22. The van der Waals surface area contributed by atoms with Gasteiger partial charge in [0.15, 0.2) is 11.4 Å². The Morgan fingerprint density at radius 3 is 1.79 bits per heavy atom. The molecule has 3 aromatic rings. The third-order valence-corrected chi connectivity index (χ3v) is 4.31. The van der Waals surface area contributed by atoms with Crippen LogP contribution >= 0.6 is 0 Å². The summed E-state index contributed by atoms with van der Waals surface area (Å²) in [4.78, 5) is 0. The average molecular weight is 411 g/mol. The zero-order valence-electron chi connectivity index (χ0n) is 16.8. The molecule has 0 fully saturated rings. The molecule has 1 aromatic heterocycles. The molecule has 0 aliphatic carbocycles. The molecule has 0 aliphatic rings. The molecular weight excluding hydrogens is 389 g/mol. The molecule has 0 atom stereocenters. The lowest BCUT2D eigenvalue weighted by atomic mass is 10.1. The number of rotatable bonds is 4. The smallest absolute Gasteiger partial charge is 0.497 e. The topological polar surface area (TPSA) is 31.6 Å². The predicted octanol–water partition coefficient (Wildman–Crippen LogP) is 5.06. The molecule has 0 N–H and O–H groups in total. The first-order valence-corrected chi connectivity index (χ1v) is 8.68. The lowest BCUT2D eigenvalue weighted by Gasteiger charge is -2.12. The van der Waals surface area contributed by atoms with Crippen molar-refractivity contribution in [2.75, 3.05) is 21.3 Å². The molecule has 1 heterocycles. The number of methoxy groups -OCH3 is 3. The fourth-order valence-electron chi connectivity index (χ4n) is 3.19. The van der Waals surface area contributed by atoms with Crippen molar-refractivity contribution in [1.82, 2.24) is 0 Å². The summed E-state index contributed by atoms with van der Waals surface area (Å²) in [5.41, 5.74) is 3.35. The standard InChI is InChI=1S/C20H22NO3.BF4/c1-13-10-15-11-18(23-4)12-19(24-5)20(15)14(2)21(13)16-6-8-17(22-3)9-7-16;2-1(3,4)5/h6-12H,1-5H3;/q+1;-1. The Labute approximate surface area is 166 Å². The second-order valence-electron chi connectivity index (χ2n) is 6.19. The SMILES string of the molecule is COc1ccc(-[n+]2c(C)cc3cc(OC)cc(OC)c3c2C)cc1.F[B-](F)(F)F. The van der Waals surface area contributed by atoms with Crippen LogP contribution < -0.4 is 18.8 Å². The Morgan fingerprint density at radius 2 is 1.31 bits per heavy atom. The number of benzene rings is 2. The highest BCUT2D eigenvalue weighted by atomic mass is 19.5. The molecule has 29 heavy (non-hydrogen) atoms. The van der Waals surface area contributed by atoms with Gasteiger partial charge in [-0.15, -0.1) is 0 Å². The van der Waals surface area contributed by atoms with E-state index >= 15 is 0 Å². The van der Waals surface area contributed by atoms with E-state index in [1.54, 1.807) is 21.3 Å². The maximum absolute atomic E-state index is 9.75. The molecule has 0 radical (unpaired) electrons. The van der Waals surface area contributed by atoms with Crippen LogP contribution in [-0.4, -0.2) is 28.6 Å². The molecule has 0 unspecified atom stereocenters. The summed E-state index contributed by atoms with van der Waals surface area (Å²) in [7, 11) is -0.973. The van der Waals surface area contributed by atoms with Gasteiger partial charge in [0.25, 0.3) is 0 Å². The number of hydrogen-bond acceptors (Lipinski definition) is 3. The van der Waals surface area contributed by atoms with Gasteiger partial charge in [-0.25, -0.2) is 0 Å². The van der Waals surface area contributed by atoms with Gasteiger partial charge in [-0.2, -0.15) is 4.57 Å². The fraction of sp³-hybridized carbons (Fsp3) is 0.250. The van der Waals surface area contributed by atoms with Gasteiger partial charge in [-0.1, -0.05) is 0 Å². The van der Waals surface area contributed by atoms with E-state index in [2.05, 4.69) is 36.6 Å². The predicted molar refractivity (Wildman–Crippen MR) is 105 cm³/mol. The van der Waals surface area contributed by atoms with Crippen molar-refractivity contribution < 1.29 is 36.0 Å². The summed E-state index contributed by atoms with van der Waals surface area (Å²) in [5, 5.41) is 2.19. The van der Waals surface area contributed by atoms with Crippen molar-refractivity contribution in [2.45, 2.75) is 13.8 Å². The van der Waals surface area contributed by atoms with Crippen LogP contribution in [0.15, 0.2) is 42.5 Å². The first-order chi connectivity index (χ1) is 13.6. The Bertz CT molecular complexity index is 986. The third kappa shape index (κ3) is 5.52. The van der Waals surface area contributed by atoms with E-state index in [1.807, 2.05) is 24.3 Å². The van der Waals surface area contributed by atoms with Gasteiger partial charge in [0.1, 0.15) is 17.2 Å². The van der Waals surface area contributed by atoms with Crippen LogP contribution in [0.5, 0.6) is 17.2 Å². The molecule has 0 saturated carbocycles. The second kappa shape index (κ2) is 9.02. The summed E-state index contributed by atoms with van der Waals surface area (Å²) in [6, 6.07) is 14.2. The van der Waals surface area contributed by atoms with Crippen molar-refractivity contribution in [1.29, 1.82) is 0 Å². The first kappa shape index (κ1) is 22.3. The Morgan fingerprint density at radius 1 is 0.759 bits per heavy atom. The molecule has 0 bridgehead atoms. The van der Waals surface area contributed by atoms with Gasteiger partial charge in [-0.3, -0.25) is 0 Å². The van der Waals surface area contributed by atoms with Crippen LogP contribution in [0.4, 0.5) is 17.3 Å². The van der Waals surface area contributed by atoms with Crippen molar-refractivity contribution >= 4 is 18.0 Å². The minimum Gasteiger partial charge on any atom is -0.497 e. The van der Waals surface area contributed by atoms with Gasteiger partial charge in [-0.05, 0) is 18.2 Å². The molecule has 0 amide bonds. The Kier molecular flexibility index (Phi) is 6.95. The van der Waals surface area contributed by atoms with Crippen LogP contribution in [-0.2, 0) is 0 Å². The van der Waals surface area contributed by atoms with Crippen LogP contribution in [0.3, 0.4) is 0 Å². The molecule has 3 rings (SSSR count). The van der Waals surface area contributed by atoms with Crippen LogP contribution in [0.2, 0.25) is 0 Å². The van der Waals surface area contributed by atoms with Crippen LogP contribution in [0.25, 0.3) is 16.5 Å². The van der Waals surface area contributed by atoms with Crippen molar-refractivity contribution in [3.8, 4) is 22.9 Å². The number of aromatic nitrogens is 1. The fourth-order valence-corrected chi connectivity index (χ4v) is 3.19. The summed E-state index contributed by atoms with van der Waals surface area (Å²) in [6.45, 7) is 4.21. The van der Waals surface area contributed by atoms with E-state index in [0.717, 1.165) is 45.1 Å². The van der Waals surface area contributed by atoms with E-state index in [0.29, 0.717) is 0 Å². The van der Waals surface area contributed by atoms with Gasteiger partial charge < -0.3 is 31.5 Å². The number of aryl methyl sites for hydroxylation is 2. The van der Waals surface area contributed by atoms with Crippen LogP contribution in [0, 0.1) is 13.8 Å². The third-order valence-electron chi connectivity index (χ3n) is 4.31. The van der Waals surface area contributed by atoms with E-state index in [4.69, 9.17) is 14.2 Å². The molecule has 0 aliphatic heterocycles. The highest BCUT2D eigenvalue weighted by Crippen LogP contribution is 2.33. The lowest BCUT2D eigenvalue weighted by Crippen LogP contribution is -2.37. The van der Waals surface area contributed by atoms with Gasteiger partial charge in [0.05, 0.1) is 26.7 Å². The molecule has 0 spiro atoms. The molecule has 2 aromatic carbocycles. The zero-order valence-corrected chi connectivity index (χ0v) is 16.8. The number of halogens is 4. The van der Waals surface area contributed by atoms with Crippen molar-refractivity contribution in [3.05, 3.63) is 53.9 Å². The summed E-state index contributed by atoms with van der Waals surface area (Å²) in [6.07, 6.45) is 0. The molecule has 4 nitrogen and oxygen atoms in total. The highest BCUT2D eigenvalue weighted by molar-refractivity contribution is 6.50. The van der Waals surface area contributed by atoms with Gasteiger partial charge in [0, 0.05) is 43.5 Å². The van der Waals surface area contributed by atoms with E-state index < -0.39 is 7.25 Å². The average Bonchev–Trinajstić information content (AvgIpc) is 2.66. The summed E-state index contributed by atoms with van der Waals surface area (Å²) in [5.74, 6) is 2.45. The normalized spacial score (nSPS) is 10.9. The zero-order chi connectivity index (χ0) is 21.8. The van der Waals surface area contributed by atoms with Crippen LogP contribution in [0.1, 0.15) is 11.4 Å². The molecular formula is C20H22BF4NO3. The molecule has 156 valence electrons. The summed E-state index contributed by atoms with van der Waals surface area (Å²) < 4.78 is 57.5. The lowest BCUT2D eigenvalue weighted by molar-refractivity contribution is -0.607. The van der Waals surface area contributed by atoms with Gasteiger partial charge >= 0.3 is 7.25 Å². The minimum absolute atomic E-state index is 0.792. The Hall–Kier alpha value is -2.97. The second-order valence-corrected chi connectivity index (χ2v) is 6.19. The quantitative estimate of drug-likeness (QED) is 0.342. The molecule has 0 saturated heterocycles. The summed E-state index contributed by atoms with van der Waals surface area (Å²) >= 11 is 0. The van der Waals surface area contributed by atoms with Crippen molar-refractivity contribution in [2.24, 2.45) is 0 Å². The first-order valence-electron chi connectivity index (χ1n) is 8.68. The number of pyridine rings is 1. The number of nitrogens with zero attached hydrogens (tertiary/aromatic N) is 1. The number of fused-ring (bicyclic) bond motifs is 1. The largest absolute Gasteiger partial charge is 0.673 e. The number of hydrogen-bond donors (Lipinski definition) is 0. The van der Waals surface area contributed by atoms with E-state index in [9.17, 15) is 17.3 Å². The Balaban J connectivity index is 0.000000537. The van der Waals surface area contributed by atoms with Crippen molar-refractivity contribution in [3.63, 3.8) is 0 Å².